The van der Waals surface area contributed by atoms with Gasteiger partial charge >= 0.3 is 6.09 Å². The second-order valence-corrected chi connectivity index (χ2v) is 11.9. The van der Waals surface area contributed by atoms with Gasteiger partial charge in [-0.2, -0.15) is 0 Å². The first-order valence-electron chi connectivity index (χ1n) is 13.9. The van der Waals surface area contributed by atoms with Crippen molar-refractivity contribution in [1.82, 2.24) is 19.8 Å². The normalized spacial score (nSPS) is 22.5. The molecular weight excluding hydrogens is 464 g/mol. The van der Waals surface area contributed by atoms with Crippen molar-refractivity contribution in [3.8, 4) is 0 Å². The van der Waals surface area contributed by atoms with E-state index in [1.165, 1.54) is 0 Å². The second-order valence-electron chi connectivity index (χ2n) is 11.9. The molecule has 0 saturated carbocycles. The van der Waals surface area contributed by atoms with Gasteiger partial charge in [-0.15, -0.1) is 0 Å². The summed E-state index contributed by atoms with van der Waals surface area (Å²) in [5, 5.41) is 0. The van der Waals surface area contributed by atoms with Crippen molar-refractivity contribution in [2.24, 2.45) is 5.92 Å². The van der Waals surface area contributed by atoms with Gasteiger partial charge in [-0.3, -0.25) is 4.79 Å². The molecule has 2 fully saturated rings. The zero-order valence-electron chi connectivity index (χ0n) is 22.9. The lowest BCUT2D eigenvalue weighted by Crippen LogP contribution is -2.48. The highest BCUT2D eigenvalue weighted by Crippen LogP contribution is 2.46. The molecule has 0 radical (unpaired) electrons. The third kappa shape index (κ3) is 5.23. The van der Waals surface area contributed by atoms with Gasteiger partial charge in [0, 0.05) is 43.7 Å². The lowest BCUT2D eigenvalue weighted by molar-refractivity contribution is -0.138. The van der Waals surface area contributed by atoms with E-state index in [1.54, 1.807) is 4.90 Å². The summed E-state index contributed by atoms with van der Waals surface area (Å²) >= 11 is 0. The zero-order valence-corrected chi connectivity index (χ0v) is 22.9. The van der Waals surface area contributed by atoms with E-state index in [-0.39, 0.29) is 35.9 Å². The van der Waals surface area contributed by atoms with Crippen molar-refractivity contribution in [3.63, 3.8) is 0 Å². The molecule has 0 N–H and O–H groups in total. The Morgan fingerprint density at radius 3 is 2.57 bits per heavy atom. The lowest BCUT2D eigenvalue weighted by Gasteiger charge is -2.41. The Labute approximate surface area is 220 Å². The van der Waals surface area contributed by atoms with Crippen LogP contribution in [0.4, 0.5) is 4.79 Å². The summed E-state index contributed by atoms with van der Waals surface area (Å²) in [7, 11) is 0. The maximum Gasteiger partial charge on any atom is 0.410 e. The first kappa shape index (κ1) is 25.7. The highest BCUT2D eigenvalue weighted by molar-refractivity contribution is 5.85. The second kappa shape index (κ2) is 10.1. The topological polar surface area (TPSA) is 75.6 Å². The quantitative estimate of drug-likeness (QED) is 0.560. The summed E-state index contributed by atoms with van der Waals surface area (Å²) in [6, 6.07) is 8.66. The van der Waals surface area contributed by atoms with Gasteiger partial charge in [0.1, 0.15) is 11.4 Å². The summed E-state index contributed by atoms with van der Waals surface area (Å²) < 4.78 is 5.60. The molecule has 0 spiro atoms. The smallest absolute Gasteiger partial charge is 0.410 e. The van der Waals surface area contributed by atoms with Gasteiger partial charge in [0.25, 0.3) is 0 Å². The van der Waals surface area contributed by atoms with Gasteiger partial charge in [-0.25, -0.2) is 14.8 Å². The van der Waals surface area contributed by atoms with Crippen molar-refractivity contribution in [2.45, 2.75) is 96.7 Å². The Hall–Kier alpha value is -2.96. The first-order valence-corrected chi connectivity index (χ1v) is 13.9. The molecule has 0 aliphatic carbocycles. The minimum Gasteiger partial charge on any atom is -0.444 e. The maximum atomic E-state index is 14.5. The molecule has 3 unspecified atom stereocenters. The third-order valence-corrected chi connectivity index (χ3v) is 8.14. The number of rotatable bonds is 4. The predicted molar refractivity (Wildman–Crippen MR) is 142 cm³/mol. The van der Waals surface area contributed by atoms with Crippen LogP contribution in [0.1, 0.15) is 93.5 Å². The Kier molecular flexibility index (Phi) is 6.99. The van der Waals surface area contributed by atoms with Crippen molar-refractivity contribution < 1.29 is 14.3 Å². The molecule has 3 atom stereocenters. The number of carbonyl (C=O) groups excluding carboxylic acids is 2. The number of ether oxygens (including phenoxy) is 1. The fraction of sp³-hybridized carbons (Fsp3) is 0.600. The van der Waals surface area contributed by atoms with Crippen LogP contribution in [0.2, 0.25) is 0 Å². The van der Waals surface area contributed by atoms with E-state index in [1.807, 2.05) is 27.0 Å². The molecule has 4 heterocycles. The van der Waals surface area contributed by atoms with Crippen molar-refractivity contribution in [2.75, 3.05) is 13.1 Å². The van der Waals surface area contributed by atoms with Crippen LogP contribution in [0.15, 0.2) is 30.5 Å². The van der Waals surface area contributed by atoms with E-state index in [4.69, 9.17) is 9.72 Å². The number of amides is 2. The van der Waals surface area contributed by atoms with E-state index in [0.717, 1.165) is 66.7 Å². The van der Waals surface area contributed by atoms with Gasteiger partial charge < -0.3 is 14.5 Å². The van der Waals surface area contributed by atoms with E-state index >= 15 is 0 Å². The Morgan fingerprint density at radius 2 is 1.89 bits per heavy atom. The number of fused-ring (bicyclic) bond motifs is 4. The van der Waals surface area contributed by atoms with E-state index in [0.29, 0.717) is 13.1 Å². The number of piperidine rings is 1. The summed E-state index contributed by atoms with van der Waals surface area (Å²) in [6.45, 7) is 11.1. The number of nitrogens with zero attached hydrogens (tertiary/aromatic N) is 4. The summed E-state index contributed by atoms with van der Waals surface area (Å²) in [4.78, 5) is 40.5. The highest BCUT2D eigenvalue weighted by Gasteiger charge is 2.47. The van der Waals surface area contributed by atoms with E-state index < -0.39 is 5.60 Å². The molecule has 2 bridgehead atoms. The van der Waals surface area contributed by atoms with Gasteiger partial charge in [0.15, 0.2) is 0 Å². The molecule has 2 saturated heterocycles. The number of benzene rings is 1. The largest absolute Gasteiger partial charge is 0.444 e. The molecule has 2 aromatic rings. The van der Waals surface area contributed by atoms with Crippen molar-refractivity contribution in [3.05, 3.63) is 58.7 Å². The number of aryl methyl sites for hydroxylation is 2. The SMILES string of the molecule is CCc1ncc2c(n1)CC1CCC2N1C(=O)C(c1cccc(C)c1)C1CCN(C(=O)OC(C)(C)C)CC1. The average Bonchev–Trinajstić information content (AvgIpc) is 3.17. The fourth-order valence-electron chi connectivity index (χ4n) is 6.41. The van der Waals surface area contributed by atoms with E-state index in [9.17, 15) is 9.59 Å². The molecule has 1 aromatic heterocycles. The minimum absolute atomic E-state index is 0.0568. The fourth-order valence-corrected chi connectivity index (χ4v) is 6.41. The first-order chi connectivity index (χ1) is 17.6. The number of likely N-dealkylation sites (tertiary alicyclic amines) is 1. The third-order valence-electron chi connectivity index (χ3n) is 8.14. The molecule has 198 valence electrons. The minimum atomic E-state index is -0.514. The van der Waals surface area contributed by atoms with Crippen LogP contribution in [0.25, 0.3) is 0 Å². The Balaban J connectivity index is 1.40. The van der Waals surface area contributed by atoms with Crippen LogP contribution in [0, 0.1) is 12.8 Å². The molecule has 5 rings (SSSR count). The number of hydrogen-bond acceptors (Lipinski definition) is 5. The molecule has 7 heteroatoms. The van der Waals surface area contributed by atoms with Gasteiger partial charge in [-0.05, 0) is 64.9 Å². The van der Waals surface area contributed by atoms with Gasteiger partial charge in [-0.1, -0.05) is 36.8 Å². The molecule has 2 amide bonds. The van der Waals surface area contributed by atoms with Crippen LogP contribution in [0.5, 0.6) is 0 Å². The van der Waals surface area contributed by atoms with Crippen molar-refractivity contribution in [1.29, 1.82) is 0 Å². The molecule has 3 aliphatic heterocycles. The van der Waals surface area contributed by atoms with E-state index in [2.05, 4.69) is 48.0 Å². The standard InChI is InChI=1S/C30H40N4O3/c1-6-26-31-18-23-24(32-26)17-22-10-11-25(23)34(22)28(35)27(21-9-7-8-19(2)16-21)20-12-14-33(15-13-20)29(36)37-30(3,4)5/h7-9,16,18,20,22,25,27H,6,10-15,17H2,1-5H3. The molecule has 1 aromatic carbocycles. The summed E-state index contributed by atoms with van der Waals surface area (Å²) in [5.41, 5.74) is 3.99. The Bertz CT molecular complexity index is 1170. The lowest BCUT2D eigenvalue weighted by atomic mass is 9.78. The van der Waals surface area contributed by atoms with Crippen LogP contribution in [-0.4, -0.2) is 56.5 Å². The predicted octanol–water partition coefficient (Wildman–Crippen LogP) is 5.37. The number of aromatic nitrogens is 2. The van der Waals surface area contributed by atoms with Gasteiger partial charge in [0.05, 0.1) is 17.7 Å². The number of hydrogen-bond donors (Lipinski definition) is 0. The van der Waals surface area contributed by atoms with Crippen LogP contribution >= 0.6 is 0 Å². The van der Waals surface area contributed by atoms with Crippen LogP contribution < -0.4 is 0 Å². The van der Waals surface area contributed by atoms with Crippen molar-refractivity contribution >= 4 is 12.0 Å². The molecular formula is C30H40N4O3. The maximum absolute atomic E-state index is 14.5. The monoisotopic (exact) mass is 504 g/mol. The highest BCUT2D eigenvalue weighted by atomic mass is 16.6. The summed E-state index contributed by atoms with van der Waals surface area (Å²) in [6.07, 6.45) is 6.88. The number of carbonyl (C=O) groups is 2. The zero-order chi connectivity index (χ0) is 26.3. The molecule has 7 nitrogen and oxygen atoms in total. The van der Waals surface area contributed by atoms with Gasteiger partial charge in [0.2, 0.25) is 5.91 Å². The summed E-state index contributed by atoms with van der Waals surface area (Å²) in [5.74, 6) is 1.06. The Morgan fingerprint density at radius 1 is 1.14 bits per heavy atom. The van der Waals surface area contributed by atoms with Crippen LogP contribution in [0.3, 0.4) is 0 Å². The van der Waals surface area contributed by atoms with Crippen LogP contribution in [-0.2, 0) is 22.4 Å². The molecule has 37 heavy (non-hydrogen) atoms. The average molecular weight is 505 g/mol. The molecule has 3 aliphatic rings.